The zero-order valence-electron chi connectivity index (χ0n) is 14.8. The van der Waals surface area contributed by atoms with Crippen molar-refractivity contribution in [3.63, 3.8) is 0 Å². The zero-order chi connectivity index (χ0) is 18.4. The van der Waals surface area contributed by atoms with Crippen molar-refractivity contribution in [1.82, 2.24) is 0 Å². The number of rotatable bonds is 6. The lowest BCUT2D eigenvalue weighted by Crippen LogP contribution is -2.20. The van der Waals surface area contributed by atoms with Crippen LogP contribution in [0.3, 0.4) is 0 Å². The third kappa shape index (κ3) is 4.99. The summed E-state index contributed by atoms with van der Waals surface area (Å²) in [5, 5.41) is 5.50. The van der Waals surface area contributed by atoms with Crippen molar-refractivity contribution in [3.05, 3.63) is 48.5 Å². The van der Waals surface area contributed by atoms with Gasteiger partial charge in [0.25, 0.3) is 5.91 Å². The first-order valence-corrected chi connectivity index (χ1v) is 8.75. The second-order valence-electron chi connectivity index (χ2n) is 6.28. The van der Waals surface area contributed by atoms with Gasteiger partial charge >= 0.3 is 0 Å². The monoisotopic (exact) mass is 353 g/mol. The Balaban J connectivity index is 1.47. The Kier molecular flexibility index (Phi) is 5.73. The summed E-state index contributed by atoms with van der Waals surface area (Å²) >= 11 is 0. The highest BCUT2D eigenvalue weighted by Gasteiger charge is 2.12. The lowest BCUT2D eigenvalue weighted by atomic mass is 10.2. The Bertz CT molecular complexity index is 751. The van der Waals surface area contributed by atoms with Gasteiger partial charge in [-0.3, -0.25) is 9.59 Å². The van der Waals surface area contributed by atoms with E-state index >= 15 is 0 Å². The first kappa shape index (κ1) is 17.8. The molecule has 2 aromatic rings. The zero-order valence-corrected chi connectivity index (χ0v) is 14.8. The number of nitrogens with zero attached hydrogens (tertiary/aromatic N) is 1. The van der Waals surface area contributed by atoms with Gasteiger partial charge in [0.15, 0.2) is 6.61 Å². The summed E-state index contributed by atoms with van der Waals surface area (Å²) < 4.78 is 5.47. The van der Waals surface area contributed by atoms with Crippen LogP contribution in [0.1, 0.15) is 19.8 Å². The van der Waals surface area contributed by atoms with Gasteiger partial charge in [0.2, 0.25) is 5.91 Å². The van der Waals surface area contributed by atoms with Crippen LogP contribution >= 0.6 is 0 Å². The molecule has 6 nitrogen and oxygen atoms in total. The maximum Gasteiger partial charge on any atom is 0.262 e. The highest BCUT2D eigenvalue weighted by molar-refractivity contribution is 5.92. The van der Waals surface area contributed by atoms with Gasteiger partial charge in [0.1, 0.15) is 5.75 Å². The predicted molar refractivity (Wildman–Crippen MR) is 103 cm³/mol. The number of hydrogen-bond acceptors (Lipinski definition) is 4. The summed E-state index contributed by atoms with van der Waals surface area (Å²) in [6, 6.07) is 14.8. The lowest BCUT2D eigenvalue weighted by molar-refractivity contribution is -0.118. The smallest absolute Gasteiger partial charge is 0.262 e. The number of ether oxygens (including phenoxy) is 1. The topological polar surface area (TPSA) is 70.7 Å². The summed E-state index contributed by atoms with van der Waals surface area (Å²) in [6.07, 6.45) is 2.48. The Morgan fingerprint density at radius 1 is 0.923 bits per heavy atom. The maximum atomic E-state index is 12.0. The number of amides is 2. The molecule has 136 valence electrons. The number of carbonyl (C=O) groups excluding carboxylic acids is 2. The average Bonchev–Trinajstić information content (AvgIpc) is 3.16. The summed E-state index contributed by atoms with van der Waals surface area (Å²) in [5.41, 5.74) is 2.63. The quantitative estimate of drug-likeness (QED) is 0.836. The molecule has 1 fully saturated rings. The molecule has 26 heavy (non-hydrogen) atoms. The third-order valence-corrected chi connectivity index (χ3v) is 4.17. The first-order chi connectivity index (χ1) is 12.6. The van der Waals surface area contributed by atoms with Crippen molar-refractivity contribution >= 4 is 28.9 Å². The second-order valence-corrected chi connectivity index (χ2v) is 6.28. The molecule has 0 aliphatic carbocycles. The molecule has 3 rings (SSSR count). The van der Waals surface area contributed by atoms with Gasteiger partial charge in [-0.25, -0.2) is 0 Å². The largest absolute Gasteiger partial charge is 0.484 e. The van der Waals surface area contributed by atoms with Crippen LogP contribution in [-0.2, 0) is 9.59 Å². The summed E-state index contributed by atoms with van der Waals surface area (Å²) in [5.74, 6) is 0.220. The molecular weight excluding hydrogens is 330 g/mol. The van der Waals surface area contributed by atoms with E-state index in [1.54, 1.807) is 24.3 Å². The van der Waals surface area contributed by atoms with E-state index in [2.05, 4.69) is 15.5 Å². The molecule has 2 N–H and O–H groups in total. The van der Waals surface area contributed by atoms with E-state index in [1.165, 1.54) is 25.5 Å². The van der Waals surface area contributed by atoms with Gasteiger partial charge in [-0.15, -0.1) is 0 Å². The molecule has 0 unspecified atom stereocenters. The molecule has 1 aliphatic rings. The molecule has 0 radical (unpaired) electrons. The number of hydrogen-bond donors (Lipinski definition) is 2. The highest BCUT2D eigenvalue weighted by atomic mass is 16.5. The van der Waals surface area contributed by atoms with E-state index in [9.17, 15) is 9.59 Å². The normalized spacial score (nSPS) is 13.3. The summed E-state index contributed by atoms with van der Waals surface area (Å²) in [7, 11) is 0. The lowest BCUT2D eigenvalue weighted by Gasteiger charge is -2.17. The van der Waals surface area contributed by atoms with E-state index in [4.69, 9.17) is 4.74 Å². The third-order valence-electron chi connectivity index (χ3n) is 4.17. The van der Waals surface area contributed by atoms with Crippen LogP contribution in [0.15, 0.2) is 48.5 Å². The van der Waals surface area contributed by atoms with Gasteiger partial charge in [-0.2, -0.15) is 0 Å². The highest BCUT2D eigenvalue weighted by Crippen LogP contribution is 2.22. The van der Waals surface area contributed by atoms with Crippen LogP contribution in [0.2, 0.25) is 0 Å². The van der Waals surface area contributed by atoms with Gasteiger partial charge in [-0.1, -0.05) is 0 Å². The van der Waals surface area contributed by atoms with E-state index in [0.29, 0.717) is 11.4 Å². The maximum absolute atomic E-state index is 12.0. The van der Waals surface area contributed by atoms with Crippen molar-refractivity contribution in [3.8, 4) is 5.75 Å². The molecular formula is C20H23N3O3. The van der Waals surface area contributed by atoms with Crippen molar-refractivity contribution in [2.24, 2.45) is 0 Å². The van der Waals surface area contributed by atoms with Crippen molar-refractivity contribution in [1.29, 1.82) is 0 Å². The standard InChI is InChI=1S/C20H23N3O3/c1-15(24)21-16-6-10-19(11-7-16)26-14-20(25)22-17-4-8-18(9-5-17)23-12-2-3-13-23/h4-11H,2-3,12-14H2,1H3,(H,21,24)(H,22,25). The molecule has 2 aromatic carbocycles. The van der Waals surface area contributed by atoms with Crippen LogP contribution in [0.5, 0.6) is 5.75 Å². The molecule has 0 saturated carbocycles. The molecule has 1 aliphatic heterocycles. The molecule has 1 heterocycles. The van der Waals surface area contributed by atoms with Crippen LogP contribution in [-0.4, -0.2) is 31.5 Å². The van der Waals surface area contributed by atoms with Gasteiger partial charge in [0.05, 0.1) is 0 Å². The predicted octanol–water partition coefficient (Wildman–Crippen LogP) is 3.26. The summed E-state index contributed by atoms with van der Waals surface area (Å²) in [4.78, 5) is 25.4. The van der Waals surface area contributed by atoms with Gasteiger partial charge in [-0.05, 0) is 61.4 Å². The van der Waals surface area contributed by atoms with E-state index in [1.807, 2.05) is 24.3 Å². The minimum Gasteiger partial charge on any atom is -0.484 e. The first-order valence-electron chi connectivity index (χ1n) is 8.75. The number of anilines is 3. The van der Waals surface area contributed by atoms with E-state index < -0.39 is 0 Å². The SMILES string of the molecule is CC(=O)Nc1ccc(OCC(=O)Nc2ccc(N3CCCC3)cc2)cc1. The molecule has 0 aromatic heterocycles. The van der Waals surface area contributed by atoms with Crippen LogP contribution in [0, 0.1) is 0 Å². The molecule has 1 saturated heterocycles. The van der Waals surface area contributed by atoms with E-state index in [-0.39, 0.29) is 18.4 Å². The Morgan fingerprint density at radius 3 is 2.12 bits per heavy atom. The molecule has 0 bridgehead atoms. The van der Waals surface area contributed by atoms with Crippen LogP contribution in [0.25, 0.3) is 0 Å². The fourth-order valence-corrected chi connectivity index (χ4v) is 2.91. The van der Waals surface area contributed by atoms with Crippen LogP contribution < -0.4 is 20.3 Å². The minimum absolute atomic E-state index is 0.0760. The second kappa shape index (κ2) is 8.38. The summed E-state index contributed by atoms with van der Waals surface area (Å²) in [6.45, 7) is 3.57. The minimum atomic E-state index is -0.218. The van der Waals surface area contributed by atoms with Crippen molar-refractivity contribution in [2.75, 3.05) is 35.2 Å². The molecule has 0 spiro atoms. The molecule has 2 amide bonds. The fraction of sp³-hybridized carbons (Fsp3) is 0.300. The Hall–Kier alpha value is -3.02. The fourth-order valence-electron chi connectivity index (χ4n) is 2.91. The number of carbonyl (C=O) groups is 2. The van der Waals surface area contributed by atoms with Gasteiger partial charge in [0, 0.05) is 37.1 Å². The Morgan fingerprint density at radius 2 is 1.50 bits per heavy atom. The number of benzene rings is 2. The van der Waals surface area contributed by atoms with E-state index in [0.717, 1.165) is 18.8 Å². The molecule has 0 atom stereocenters. The van der Waals surface area contributed by atoms with Crippen molar-refractivity contribution < 1.29 is 14.3 Å². The van der Waals surface area contributed by atoms with Gasteiger partial charge < -0.3 is 20.3 Å². The Labute approximate surface area is 153 Å². The number of nitrogens with one attached hydrogen (secondary N) is 2. The average molecular weight is 353 g/mol. The molecule has 6 heteroatoms. The van der Waals surface area contributed by atoms with Crippen molar-refractivity contribution in [2.45, 2.75) is 19.8 Å². The van der Waals surface area contributed by atoms with Crippen LogP contribution in [0.4, 0.5) is 17.1 Å².